The number of ether oxygens (including phenoxy) is 1. The molecule has 1 amide bonds. The minimum absolute atomic E-state index is 0.0733. The minimum atomic E-state index is -4.48. The van der Waals surface area contributed by atoms with Gasteiger partial charge in [-0.1, -0.05) is 23.7 Å². The molecule has 2 aromatic carbocycles. The number of nitro benzene ring substituents is 1. The lowest BCUT2D eigenvalue weighted by Crippen LogP contribution is -2.30. The maximum absolute atomic E-state index is 12.5. The molecular weight excluding hydrogens is 417 g/mol. The van der Waals surface area contributed by atoms with E-state index in [-0.39, 0.29) is 28.4 Å². The van der Waals surface area contributed by atoms with E-state index in [0.29, 0.717) is 0 Å². The van der Waals surface area contributed by atoms with Gasteiger partial charge in [0, 0.05) is 12.1 Å². The van der Waals surface area contributed by atoms with Crippen molar-refractivity contribution >= 4 is 34.9 Å². The molecule has 11 heteroatoms. The lowest BCUT2D eigenvalue weighted by Gasteiger charge is -2.14. The largest absolute Gasteiger partial charge is 0.452 e. The first-order valence-corrected chi connectivity index (χ1v) is 8.45. The monoisotopic (exact) mass is 430 g/mol. The second-order valence-electron chi connectivity index (χ2n) is 5.91. The number of rotatable bonds is 6. The lowest BCUT2D eigenvalue weighted by atomic mass is 10.1. The van der Waals surface area contributed by atoms with E-state index in [4.69, 9.17) is 16.3 Å². The zero-order chi connectivity index (χ0) is 21.8. The van der Waals surface area contributed by atoms with Gasteiger partial charge in [0.05, 0.1) is 27.6 Å². The molecule has 0 aliphatic rings. The van der Waals surface area contributed by atoms with Gasteiger partial charge in [0.15, 0.2) is 6.10 Å². The first-order chi connectivity index (χ1) is 13.5. The fourth-order valence-electron chi connectivity index (χ4n) is 2.22. The highest BCUT2D eigenvalue weighted by molar-refractivity contribution is 6.34. The Morgan fingerprint density at radius 3 is 2.34 bits per heavy atom. The van der Waals surface area contributed by atoms with E-state index in [9.17, 15) is 32.9 Å². The van der Waals surface area contributed by atoms with Crippen LogP contribution in [0, 0.1) is 10.1 Å². The van der Waals surface area contributed by atoms with Crippen LogP contribution in [0.3, 0.4) is 0 Å². The first kappa shape index (κ1) is 22.2. The molecule has 0 radical (unpaired) electrons. The molecule has 0 aliphatic carbocycles. The third-order valence-electron chi connectivity index (χ3n) is 3.73. The SMILES string of the molecule is CC(OC(=O)Cc1ccc(C(F)(F)F)cc1)C(=O)Nc1ccc([N+](=O)[O-])cc1Cl. The summed E-state index contributed by atoms with van der Waals surface area (Å²) in [5.74, 6) is -1.55. The maximum Gasteiger partial charge on any atom is 0.416 e. The second kappa shape index (κ2) is 8.91. The van der Waals surface area contributed by atoms with E-state index in [2.05, 4.69) is 5.32 Å². The maximum atomic E-state index is 12.5. The van der Waals surface area contributed by atoms with Crippen LogP contribution < -0.4 is 5.32 Å². The highest BCUT2D eigenvalue weighted by Gasteiger charge is 2.30. The summed E-state index contributed by atoms with van der Waals surface area (Å²) in [7, 11) is 0. The summed E-state index contributed by atoms with van der Waals surface area (Å²) >= 11 is 5.87. The van der Waals surface area contributed by atoms with Gasteiger partial charge >= 0.3 is 12.1 Å². The van der Waals surface area contributed by atoms with Crippen molar-refractivity contribution in [3.63, 3.8) is 0 Å². The summed E-state index contributed by atoms with van der Waals surface area (Å²) in [5, 5.41) is 13.0. The van der Waals surface area contributed by atoms with Crippen molar-refractivity contribution in [1.29, 1.82) is 0 Å². The molecule has 0 bridgehead atoms. The Morgan fingerprint density at radius 1 is 1.21 bits per heavy atom. The number of nitro groups is 1. The average molecular weight is 431 g/mol. The molecule has 0 aromatic heterocycles. The smallest absolute Gasteiger partial charge is 0.416 e. The van der Waals surface area contributed by atoms with Crippen LogP contribution in [-0.2, 0) is 26.9 Å². The third-order valence-corrected chi connectivity index (χ3v) is 4.04. The molecule has 7 nitrogen and oxygen atoms in total. The van der Waals surface area contributed by atoms with E-state index in [1.54, 1.807) is 0 Å². The van der Waals surface area contributed by atoms with Crippen LogP contribution in [0.5, 0.6) is 0 Å². The van der Waals surface area contributed by atoms with Gasteiger partial charge in [-0.15, -0.1) is 0 Å². The third kappa shape index (κ3) is 6.18. The topological polar surface area (TPSA) is 98.5 Å². The van der Waals surface area contributed by atoms with E-state index in [1.807, 2.05) is 0 Å². The number of anilines is 1. The molecule has 1 N–H and O–H groups in total. The molecule has 2 rings (SSSR count). The molecule has 0 fully saturated rings. The van der Waals surface area contributed by atoms with Crippen LogP contribution in [0.1, 0.15) is 18.1 Å². The van der Waals surface area contributed by atoms with E-state index < -0.39 is 34.6 Å². The van der Waals surface area contributed by atoms with Crippen LogP contribution in [0.25, 0.3) is 0 Å². The Bertz CT molecular complexity index is 932. The van der Waals surface area contributed by atoms with Crippen molar-refractivity contribution in [2.24, 2.45) is 0 Å². The molecule has 0 heterocycles. The van der Waals surface area contributed by atoms with Crippen molar-refractivity contribution in [3.05, 3.63) is 68.7 Å². The second-order valence-corrected chi connectivity index (χ2v) is 6.32. The number of nitrogens with one attached hydrogen (secondary N) is 1. The number of nitrogens with zero attached hydrogens (tertiary/aromatic N) is 1. The molecule has 0 aliphatic heterocycles. The van der Waals surface area contributed by atoms with Gasteiger partial charge in [-0.25, -0.2) is 0 Å². The standard InChI is InChI=1S/C18H14ClF3N2O5/c1-10(17(26)23-15-7-6-13(24(27)28)9-14(15)19)29-16(25)8-11-2-4-12(5-3-11)18(20,21)22/h2-7,9-10H,8H2,1H3,(H,23,26). The number of amides is 1. The number of non-ortho nitro benzene ring substituents is 1. The number of hydrogen-bond acceptors (Lipinski definition) is 5. The predicted molar refractivity (Wildman–Crippen MR) is 97.4 cm³/mol. The Balaban J connectivity index is 1.93. The van der Waals surface area contributed by atoms with Crippen LogP contribution in [0.15, 0.2) is 42.5 Å². The number of carbonyl (C=O) groups excluding carboxylic acids is 2. The number of alkyl halides is 3. The summed E-state index contributed by atoms with van der Waals surface area (Å²) in [6.45, 7) is 1.29. The molecule has 0 saturated carbocycles. The lowest BCUT2D eigenvalue weighted by molar-refractivity contribution is -0.384. The van der Waals surface area contributed by atoms with Gasteiger partial charge in [0.2, 0.25) is 0 Å². The van der Waals surface area contributed by atoms with Crippen LogP contribution in [0.4, 0.5) is 24.5 Å². The molecule has 1 atom stereocenters. The van der Waals surface area contributed by atoms with Crippen LogP contribution in [-0.4, -0.2) is 22.9 Å². The van der Waals surface area contributed by atoms with Crippen LogP contribution >= 0.6 is 11.6 Å². The van der Waals surface area contributed by atoms with Gasteiger partial charge in [-0.05, 0) is 30.7 Å². The minimum Gasteiger partial charge on any atom is -0.452 e. The molecule has 154 valence electrons. The summed E-state index contributed by atoms with van der Waals surface area (Å²) < 4.78 is 42.6. The zero-order valence-corrected chi connectivity index (χ0v) is 15.6. The normalized spacial score (nSPS) is 12.2. The summed E-state index contributed by atoms with van der Waals surface area (Å²) in [4.78, 5) is 34.1. The van der Waals surface area contributed by atoms with E-state index in [1.165, 1.54) is 13.0 Å². The van der Waals surface area contributed by atoms with Gasteiger partial charge in [0.25, 0.3) is 11.6 Å². The molecule has 0 saturated heterocycles. The summed E-state index contributed by atoms with van der Waals surface area (Å²) in [5.41, 5.74) is -0.728. The van der Waals surface area contributed by atoms with Crippen molar-refractivity contribution < 1.29 is 32.4 Å². The van der Waals surface area contributed by atoms with Gasteiger partial charge in [-0.2, -0.15) is 13.2 Å². The fraction of sp³-hybridized carbons (Fsp3) is 0.222. The molecule has 2 aromatic rings. The van der Waals surface area contributed by atoms with Gasteiger partial charge in [-0.3, -0.25) is 19.7 Å². The first-order valence-electron chi connectivity index (χ1n) is 8.08. The average Bonchev–Trinajstić information content (AvgIpc) is 2.62. The fourth-order valence-corrected chi connectivity index (χ4v) is 2.45. The Labute approximate surface area is 167 Å². The highest BCUT2D eigenvalue weighted by atomic mass is 35.5. The van der Waals surface area contributed by atoms with Crippen molar-refractivity contribution in [2.75, 3.05) is 5.32 Å². The van der Waals surface area contributed by atoms with Crippen molar-refractivity contribution in [2.45, 2.75) is 25.6 Å². The summed E-state index contributed by atoms with van der Waals surface area (Å²) in [6, 6.07) is 7.40. The predicted octanol–water partition coefficient (Wildman–Crippen LogP) is 4.38. The molecule has 29 heavy (non-hydrogen) atoms. The number of esters is 1. The molecule has 1 unspecified atom stereocenters. The number of hydrogen-bond donors (Lipinski definition) is 1. The zero-order valence-electron chi connectivity index (χ0n) is 14.8. The van der Waals surface area contributed by atoms with Gasteiger partial charge in [0.1, 0.15) is 0 Å². The molecule has 0 spiro atoms. The van der Waals surface area contributed by atoms with Gasteiger partial charge < -0.3 is 10.1 Å². The number of halogens is 4. The molecular formula is C18H14ClF3N2O5. The number of benzene rings is 2. The number of carbonyl (C=O) groups is 2. The Morgan fingerprint density at radius 2 is 1.83 bits per heavy atom. The summed E-state index contributed by atoms with van der Waals surface area (Å²) in [6.07, 6.45) is -6.04. The van der Waals surface area contributed by atoms with Crippen molar-refractivity contribution in [3.8, 4) is 0 Å². The van der Waals surface area contributed by atoms with Crippen molar-refractivity contribution in [1.82, 2.24) is 0 Å². The Kier molecular flexibility index (Phi) is 6.80. The van der Waals surface area contributed by atoms with Crippen LogP contribution in [0.2, 0.25) is 5.02 Å². The quantitative estimate of drug-likeness (QED) is 0.416. The van der Waals surface area contributed by atoms with E-state index in [0.717, 1.165) is 36.4 Å². The Hall–Kier alpha value is -3.14. The van der Waals surface area contributed by atoms with E-state index >= 15 is 0 Å². The highest BCUT2D eigenvalue weighted by Crippen LogP contribution is 2.29.